The molecule has 5 heteroatoms. The average Bonchev–Trinajstić information content (AvgIpc) is 3.27. The van der Waals surface area contributed by atoms with E-state index in [0.717, 1.165) is 33.4 Å². The highest BCUT2D eigenvalue weighted by atomic mass is 127. The molecule has 1 saturated carbocycles. The van der Waals surface area contributed by atoms with Crippen molar-refractivity contribution in [2.24, 2.45) is 0 Å². The first-order valence-electron chi connectivity index (χ1n) is 6.72. The van der Waals surface area contributed by atoms with Crippen LogP contribution in [0.15, 0.2) is 29.1 Å². The fourth-order valence-corrected chi connectivity index (χ4v) is 2.81. The van der Waals surface area contributed by atoms with Gasteiger partial charge in [0.05, 0.1) is 15.9 Å². The monoisotopic (exact) mass is 382 g/mol. The van der Waals surface area contributed by atoms with Gasteiger partial charge in [0.25, 0.3) is 5.56 Å². The molecule has 0 spiro atoms. The van der Waals surface area contributed by atoms with Crippen LogP contribution in [0.5, 0.6) is 5.75 Å². The highest BCUT2D eigenvalue weighted by Crippen LogP contribution is 2.40. The molecular weight excluding hydrogens is 367 g/mol. The number of rotatable bonds is 4. The molecular formula is C15H15IN2O2. The molecule has 0 unspecified atom stereocenters. The van der Waals surface area contributed by atoms with Crippen LogP contribution in [0.4, 0.5) is 0 Å². The number of nitrogens with zero attached hydrogens (tertiary/aromatic N) is 1. The Kier molecular flexibility index (Phi) is 3.78. The van der Waals surface area contributed by atoms with Crippen molar-refractivity contribution in [3.05, 3.63) is 43.9 Å². The van der Waals surface area contributed by atoms with Gasteiger partial charge in [-0.3, -0.25) is 4.79 Å². The molecule has 0 bridgehead atoms. The largest absolute Gasteiger partial charge is 0.494 e. The molecule has 20 heavy (non-hydrogen) atoms. The molecule has 1 aliphatic rings. The highest BCUT2D eigenvalue weighted by molar-refractivity contribution is 14.1. The molecule has 1 N–H and O–H groups in total. The lowest BCUT2D eigenvalue weighted by molar-refractivity contribution is 0.340. The number of ether oxygens (including phenoxy) is 1. The van der Waals surface area contributed by atoms with Gasteiger partial charge in [0.1, 0.15) is 11.6 Å². The lowest BCUT2D eigenvalue weighted by Gasteiger charge is -2.07. The number of benzene rings is 1. The molecule has 0 amide bonds. The number of aromatic amines is 1. The van der Waals surface area contributed by atoms with E-state index in [-0.39, 0.29) is 5.56 Å². The van der Waals surface area contributed by atoms with Crippen LogP contribution in [0, 0.1) is 3.57 Å². The number of aromatic nitrogens is 2. The second-order valence-electron chi connectivity index (χ2n) is 4.85. The first-order chi connectivity index (χ1) is 9.69. The SMILES string of the molecule is CCOc1ccc(-c2nc(C3CC3)c(I)c(=O)[nH]2)cc1. The number of H-pyrrole nitrogens is 1. The van der Waals surface area contributed by atoms with Gasteiger partial charge in [0, 0.05) is 11.5 Å². The van der Waals surface area contributed by atoms with Crippen molar-refractivity contribution in [3.8, 4) is 17.1 Å². The normalized spacial score (nSPS) is 14.3. The summed E-state index contributed by atoms with van der Waals surface area (Å²) in [6.45, 7) is 2.60. The molecule has 104 valence electrons. The lowest BCUT2D eigenvalue weighted by atomic mass is 10.2. The van der Waals surface area contributed by atoms with Crippen molar-refractivity contribution in [3.63, 3.8) is 0 Å². The molecule has 2 aromatic rings. The van der Waals surface area contributed by atoms with E-state index in [1.807, 2.05) is 31.2 Å². The van der Waals surface area contributed by atoms with Crippen LogP contribution in [-0.4, -0.2) is 16.6 Å². The third-order valence-corrected chi connectivity index (χ3v) is 4.33. The van der Waals surface area contributed by atoms with E-state index in [1.54, 1.807) is 0 Å². The number of hydrogen-bond donors (Lipinski definition) is 1. The van der Waals surface area contributed by atoms with Crippen molar-refractivity contribution < 1.29 is 4.74 Å². The quantitative estimate of drug-likeness (QED) is 0.826. The van der Waals surface area contributed by atoms with Crippen LogP contribution in [0.3, 0.4) is 0 Å². The van der Waals surface area contributed by atoms with Crippen molar-refractivity contribution in [2.75, 3.05) is 6.61 Å². The minimum Gasteiger partial charge on any atom is -0.494 e. The molecule has 1 fully saturated rings. The Labute approximate surface area is 130 Å². The molecule has 0 saturated heterocycles. The maximum atomic E-state index is 12.0. The topological polar surface area (TPSA) is 55.0 Å². The minimum absolute atomic E-state index is 0.0496. The summed E-state index contributed by atoms with van der Waals surface area (Å²) in [4.78, 5) is 19.5. The van der Waals surface area contributed by atoms with Gasteiger partial charge >= 0.3 is 0 Å². The zero-order chi connectivity index (χ0) is 14.1. The van der Waals surface area contributed by atoms with Crippen molar-refractivity contribution >= 4 is 22.6 Å². The van der Waals surface area contributed by atoms with Crippen LogP contribution in [0.25, 0.3) is 11.4 Å². The molecule has 1 aromatic heterocycles. The van der Waals surface area contributed by atoms with Gasteiger partial charge in [-0.15, -0.1) is 0 Å². The van der Waals surface area contributed by atoms with Gasteiger partial charge in [-0.05, 0) is 66.6 Å². The maximum Gasteiger partial charge on any atom is 0.264 e. The summed E-state index contributed by atoms with van der Waals surface area (Å²) in [6.07, 6.45) is 2.27. The molecule has 1 aliphatic carbocycles. The Morgan fingerprint density at radius 1 is 1.35 bits per heavy atom. The third kappa shape index (κ3) is 2.72. The van der Waals surface area contributed by atoms with Crippen LogP contribution in [-0.2, 0) is 0 Å². The molecule has 1 aromatic carbocycles. The summed E-state index contributed by atoms with van der Waals surface area (Å²) in [7, 11) is 0. The summed E-state index contributed by atoms with van der Waals surface area (Å²) in [5.41, 5.74) is 1.80. The van der Waals surface area contributed by atoms with Gasteiger partial charge in [0.15, 0.2) is 0 Å². The van der Waals surface area contributed by atoms with E-state index in [4.69, 9.17) is 4.74 Å². The van der Waals surface area contributed by atoms with Crippen molar-refractivity contribution in [2.45, 2.75) is 25.7 Å². The summed E-state index contributed by atoms with van der Waals surface area (Å²) >= 11 is 2.09. The Morgan fingerprint density at radius 2 is 2.05 bits per heavy atom. The van der Waals surface area contributed by atoms with Gasteiger partial charge in [-0.1, -0.05) is 0 Å². The number of halogens is 1. The summed E-state index contributed by atoms with van der Waals surface area (Å²) in [5, 5.41) is 0. The van der Waals surface area contributed by atoms with Gasteiger partial charge in [0.2, 0.25) is 0 Å². The van der Waals surface area contributed by atoms with Crippen molar-refractivity contribution in [1.82, 2.24) is 9.97 Å². The first kappa shape index (κ1) is 13.6. The van der Waals surface area contributed by atoms with E-state index in [9.17, 15) is 4.79 Å². The molecule has 1 heterocycles. The second kappa shape index (κ2) is 5.55. The van der Waals surface area contributed by atoms with Crippen molar-refractivity contribution in [1.29, 1.82) is 0 Å². The van der Waals surface area contributed by atoms with E-state index in [0.29, 0.717) is 18.3 Å². The highest BCUT2D eigenvalue weighted by Gasteiger charge is 2.28. The van der Waals surface area contributed by atoms with Crippen LogP contribution >= 0.6 is 22.6 Å². The average molecular weight is 382 g/mol. The standard InChI is InChI=1S/C15H15IN2O2/c1-2-20-11-7-5-10(6-8-11)14-17-13(9-3-4-9)12(16)15(19)18-14/h5-9H,2-4H2,1H3,(H,17,18,19). The summed E-state index contributed by atoms with van der Waals surface area (Å²) in [6, 6.07) is 7.64. The fourth-order valence-electron chi connectivity index (χ4n) is 2.12. The van der Waals surface area contributed by atoms with E-state index in [2.05, 4.69) is 32.6 Å². The summed E-state index contributed by atoms with van der Waals surface area (Å²) < 4.78 is 6.14. The van der Waals surface area contributed by atoms with E-state index >= 15 is 0 Å². The minimum atomic E-state index is -0.0496. The molecule has 0 radical (unpaired) electrons. The van der Waals surface area contributed by atoms with E-state index in [1.165, 1.54) is 0 Å². The smallest absolute Gasteiger partial charge is 0.264 e. The predicted molar refractivity (Wildman–Crippen MR) is 86.2 cm³/mol. The van der Waals surface area contributed by atoms with Gasteiger partial charge in [-0.25, -0.2) is 4.98 Å². The zero-order valence-electron chi connectivity index (χ0n) is 11.1. The van der Waals surface area contributed by atoms with Crippen LogP contribution < -0.4 is 10.3 Å². The molecule has 0 atom stereocenters. The Morgan fingerprint density at radius 3 is 2.65 bits per heavy atom. The van der Waals surface area contributed by atoms with Gasteiger partial charge < -0.3 is 9.72 Å². The molecule has 4 nitrogen and oxygen atoms in total. The predicted octanol–water partition coefficient (Wildman–Crippen LogP) is 3.32. The zero-order valence-corrected chi connectivity index (χ0v) is 13.3. The summed E-state index contributed by atoms with van der Waals surface area (Å²) in [5.74, 6) is 1.93. The third-order valence-electron chi connectivity index (χ3n) is 3.29. The second-order valence-corrected chi connectivity index (χ2v) is 5.92. The van der Waals surface area contributed by atoms with Gasteiger partial charge in [-0.2, -0.15) is 0 Å². The van der Waals surface area contributed by atoms with E-state index < -0.39 is 0 Å². The van der Waals surface area contributed by atoms with Crippen LogP contribution in [0.2, 0.25) is 0 Å². The number of nitrogens with one attached hydrogen (secondary N) is 1. The van der Waals surface area contributed by atoms with Crippen LogP contribution in [0.1, 0.15) is 31.4 Å². The number of hydrogen-bond acceptors (Lipinski definition) is 3. The first-order valence-corrected chi connectivity index (χ1v) is 7.80. The maximum absolute atomic E-state index is 12.0. The lowest BCUT2D eigenvalue weighted by Crippen LogP contribution is -2.15. The molecule has 3 rings (SSSR count). The Hall–Kier alpha value is -1.37. The fraction of sp³-hybridized carbons (Fsp3) is 0.333. The Bertz CT molecular complexity index is 675. The Balaban J connectivity index is 1.99. The molecule has 0 aliphatic heterocycles.